The van der Waals surface area contributed by atoms with Crippen molar-refractivity contribution < 1.29 is 39.5 Å². The third kappa shape index (κ3) is 4.55. The van der Waals surface area contributed by atoms with Crippen LogP contribution in [-0.4, -0.2) is 42.3 Å². The molecule has 0 radical (unpaired) electrons. The summed E-state index contributed by atoms with van der Waals surface area (Å²) >= 11 is -4.59. The summed E-state index contributed by atoms with van der Waals surface area (Å²) in [6.07, 6.45) is -8.68. The molecule has 0 aliphatic carbocycles. The fourth-order valence-electron chi connectivity index (χ4n) is 4.01. The maximum atomic E-state index is 14.6. The first-order valence-corrected chi connectivity index (χ1v) is 16.4. The fourth-order valence-corrected chi connectivity index (χ4v) is 17.8. The summed E-state index contributed by atoms with van der Waals surface area (Å²) in [6.45, 7) is 0. The summed E-state index contributed by atoms with van der Waals surface area (Å²) in [6, 6.07) is 24.7. The van der Waals surface area contributed by atoms with Gasteiger partial charge in [0.15, 0.2) is 0 Å². The van der Waals surface area contributed by atoms with Gasteiger partial charge in [0.25, 0.3) is 0 Å². The third-order valence-electron chi connectivity index (χ3n) is 5.82. The van der Waals surface area contributed by atoms with E-state index >= 15 is 0 Å². The van der Waals surface area contributed by atoms with Gasteiger partial charge in [-0.3, -0.25) is 0 Å². The molecule has 0 N–H and O–H groups in total. The van der Waals surface area contributed by atoms with E-state index in [0.717, 1.165) is 0 Å². The van der Waals surface area contributed by atoms with Crippen LogP contribution < -0.4 is 10.7 Å². The van der Waals surface area contributed by atoms with Crippen molar-refractivity contribution in [3.63, 3.8) is 0 Å². The van der Waals surface area contributed by atoms with Gasteiger partial charge in [-0.15, -0.1) is 0 Å². The standard InChI is InChI=1S/C6H4F9.3C6H5.Sn/c1-2-3(7,8)4(9,10)5(11,12)6(13,14)15;3*1-2-4-6-5-3-1;/h1-2H2;3*1-5H;. The van der Waals surface area contributed by atoms with Gasteiger partial charge in [0, 0.05) is 0 Å². The van der Waals surface area contributed by atoms with Crippen LogP contribution in [0.2, 0.25) is 4.44 Å². The predicted molar refractivity (Wildman–Crippen MR) is 114 cm³/mol. The Morgan fingerprint density at radius 1 is 0.471 bits per heavy atom. The van der Waals surface area contributed by atoms with Crippen molar-refractivity contribution in [2.75, 3.05) is 0 Å². The minimum atomic E-state index is -6.89. The second kappa shape index (κ2) is 9.47. The van der Waals surface area contributed by atoms with Crippen molar-refractivity contribution in [2.24, 2.45) is 0 Å². The molecule has 0 aliphatic rings. The van der Waals surface area contributed by atoms with E-state index in [9.17, 15) is 39.5 Å². The number of halogens is 9. The van der Waals surface area contributed by atoms with Crippen molar-refractivity contribution in [1.82, 2.24) is 0 Å². The Labute approximate surface area is 194 Å². The van der Waals surface area contributed by atoms with Gasteiger partial charge in [-0.05, 0) is 0 Å². The zero-order valence-corrected chi connectivity index (χ0v) is 20.3. The van der Waals surface area contributed by atoms with Crippen molar-refractivity contribution in [3.8, 4) is 0 Å². The summed E-state index contributed by atoms with van der Waals surface area (Å²) in [4.78, 5) is 0. The van der Waals surface area contributed by atoms with Gasteiger partial charge in [-0.1, -0.05) is 0 Å². The van der Waals surface area contributed by atoms with E-state index in [0.29, 0.717) is 10.7 Å². The first-order valence-electron chi connectivity index (χ1n) is 10.1. The molecule has 0 aromatic heterocycles. The molecular formula is C24H19F9Sn. The molecule has 0 bridgehead atoms. The molecule has 10 heteroatoms. The van der Waals surface area contributed by atoms with Crippen LogP contribution in [0, 0.1) is 0 Å². The molecule has 3 aromatic carbocycles. The minimum absolute atomic E-state index is 0.593. The Bertz CT molecular complexity index is 969. The number of rotatable bonds is 8. The number of hydrogen-bond donors (Lipinski definition) is 0. The summed E-state index contributed by atoms with van der Waals surface area (Å²) in [5.41, 5.74) is 0. The number of hydrogen-bond acceptors (Lipinski definition) is 0. The molecule has 182 valence electrons. The van der Waals surface area contributed by atoms with E-state index in [-0.39, 0.29) is 0 Å². The zero-order chi connectivity index (χ0) is 25.3. The molecule has 0 spiro atoms. The quantitative estimate of drug-likeness (QED) is 0.221. The zero-order valence-electron chi connectivity index (χ0n) is 17.5. The van der Waals surface area contributed by atoms with Crippen LogP contribution in [0.15, 0.2) is 91.0 Å². The van der Waals surface area contributed by atoms with Crippen LogP contribution in [0.4, 0.5) is 39.5 Å². The monoisotopic (exact) mass is 598 g/mol. The van der Waals surface area contributed by atoms with Crippen molar-refractivity contribution >= 4 is 29.1 Å². The van der Waals surface area contributed by atoms with Gasteiger partial charge in [0.2, 0.25) is 0 Å². The topological polar surface area (TPSA) is 0 Å². The molecule has 0 saturated heterocycles. The normalized spacial score (nSPS) is 13.7. The second-order valence-electron chi connectivity index (χ2n) is 7.85. The summed E-state index contributed by atoms with van der Waals surface area (Å²) < 4.78 is 123. The summed E-state index contributed by atoms with van der Waals surface area (Å²) in [5.74, 6) is -19.1. The molecule has 0 fully saturated rings. The first-order chi connectivity index (χ1) is 15.8. The second-order valence-corrected chi connectivity index (χ2v) is 19.4. The Morgan fingerprint density at radius 2 is 0.794 bits per heavy atom. The van der Waals surface area contributed by atoms with Gasteiger partial charge >= 0.3 is 194 Å². The van der Waals surface area contributed by atoms with Crippen LogP contribution in [0.25, 0.3) is 0 Å². The first kappa shape index (κ1) is 26.4. The van der Waals surface area contributed by atoms with Crippen LogP contribution in [0.3, 0.4) is 0 Å². The van der Waals surface area contributed by atoms with E-state index < -0.39 is 53.2 Å². The van der Waals surface area contributed by atoms with Gasteiger partial charge in [0.05, 0.1) is 0 Å². The molecule has 0 saturated carbocycles. The van der Waals surface area contributed by atoms with Gasteiger partial charge in [-0.2, -0.15) is 0 Å². The molecule has 3 aromatic rings. The van der Waals surface area contributed by atoms with Gasteiger partial charge in [0.1, 0.15) is 0 Å². The van der Waals surface area contributed by atoms with Crippen LogP contribution in [0.5, 0.6) is 0 Å². The van der Waals surface area contributed by atoms with E-state index in [1.54, 1.807) is 91.0 Å². The van der Waals surface area contributed by atoms with Crippen LogP contribution in [-0.2, 0) is 0 Å². The predicted octanol–water partition coefficient (Wildman–Crippen LogP) is 6.02. The van der Waals surface area contributed by atoms with Gasteiger partial charge in [-0.25, -0.2) is 0 Å². The van der Waals surface area contributed by atoms with Crippen molar-refractivity contribution in [3.05, 3.63) is 91.0 Å². The fraction of sp³-hybridized carbons (Fsp3) is 0.250. The third-order valence-corrected chi connectivity index (χ3v) is 20.0. The maximum absolute atomic E-state index is 14.6. The SMILES string of the molecule is FC(F)(F)C(F)(F)C(F)(F)C(F)(F)C[CH2][Sn]([c]1ccccc1)([c]1ccccc1)[c]1ccccc1. The van der Waals surface area contributed by atoms with E-state index in [1.165, 1.54) is 0 Å². The van der Waals surface area contributed by atoms with Crippen LogP contribution >= 0.6 is 0 Å². The Morgan fingerprint density at radius 3 is 1.09 bits per heavy atom. The average Bonchev–Trinajstić information content (AvgIpc) is 2.80. The Balaban J connectivity index is 2.16. The summed E-state index contributed by atoms with van der Waals surface area (Å²) in [7, 11) is 0. The van der Waals surface area contributed by atoms with Crippen molar-refractivity contribution in [2.45, 2.75) is 34.8 Å². The van der Waals surface area contributed by atoms with Crippen molar-refractivity contribution in [1.29, 1.82) is 0 Å². The Kier molecular flexibility index (Phi) is 7.36. The van der Waals surface area contributed by atoms with Gasteiger partial charge < -0.3 is 0 Å². The average molecular weight is 597 g/mol. The van der Waals surface area contributed by atoms with E-state index in [1.807, 2.05) is 0 Å². The van der Waals surface area contributed by atoms with E-state index in [2.05, 4.69) is 0 Å². The number of alkyl halides is 9. The number of benzene rings is 3. The molecule has 0 nitrogen and oxygen atoms in total. The Hall–Kier alpha value is -2.17. The molecule has 0 heterocycles. The summed E-state index contributed by atoms with van der Waals surface area (Å²) in [5, 5.41) is 0. The molecule has 0 atom stereocenters. The van der Waals surface area contributed by atoms with E-state index in [4.69, 9.17) is 0 Å². The molecule has 0 unspecified atom stereocenters. The van der Waals surface area contributed by atoms with Crippen LogP contribution in [0.1, 0.15) is 6.42 Å². The molecular weight excluding hydrogens is 578 g/mol. The molecule has 0 amide bonds. The molecule has 34 heavy (non-hydrogen) atoms. The molecule has 3 rings (SSSR count). The molecule has 0 aliphatic heterocycles.